The Balaban J connectivity index is 2.69. The van der Waals surface area contributed by atoms with Crippen LogP contribution in [-0.2, 0) is 25.6 Å². The maximum absolute atomic E-state index is 12.8. The first-order chi connectivity index (χ1) is 15.8. The SMILES string of the molecule is NCCCC[C@H](NC(=O)[C@H](Cc1c[nH]cn1)NC(=O)CNC(=O)[C@@H](N)CCCCN)C(=O)O. The largest absolute Gasteiger partial charge is 0.480 e. The van der Waals surface area contributed by atoms with Crippen molar-refractivity contribution < 1.29 is 24.3 Å². The molecule has 0 aromatic carbocycles. The Morgan fingerprint density at radius 2 is 1.64 bits per heavy atom. The summed E-state index contributed by atoms with van der Waals surface area (Å²) in [6, 6.07) is -2.97. The molecule has 1 rings (SSSR count). The van der Waals surface area contributed by atoms with Gasteiger partial charge in [0, 0.05) is 12.6 Å². The fourth-order valence-electron chi connectivity index (χ4n) is 3.03. The highest BCUT2D eigenvalue weighted by Gasteiger charge is 2.27. The van der Waals surface area contributed by atoms with Crippen LogP contribution in [0.25, 0.3) is 0 Å². The molecule has 11 N–H and O–H groups in total. The van der Waals surface area contributed by atoms with Gasteiger partial charge in [-0.05, 0) is 45.2 Å². The molecule has 0 bridgehead atoms. The van der Waals surface area contributed by atoms with E-state index in [-0.39, 0.29) is 19.4 Å². The zero-order valence-electron chi connectivity index (χ0n) is 18.7. The normalized spacial score (nSPS) is 13.5. The van der Waals surface area contributed by atoms with Crippen LogP contribution in [0.1, 0.15) is 44.2 Å². The summed E-state index contributed by atoms with van der Waals surface area (Å²) in [5, 5.41) is 16.8. The van der Waals surface area contributed by atoms with Crippen molar-refractivity contribution in [1.29, 1.82) is 0 Å². The van der Waals surface area contributed by atoms with E-state index in [1.807, 2.05) is 0 Å². The lowest BCUT2D eigenvalue weighted by molar-refractivity contribution is -0.142. The lowest BCUT2D eigenvalue weighted by Gasteiger charge is -2.21. The number of carboxylic acids is 1. The second-order valence-corrected chi connectivity index (χ2v) is 7.68. The Bertz CT molecular complexity index is 743. The van der Waals surface area contributed by atoms with Crippen molar-refractivity contribution in [2.75, 3.05) is 19.6 Å². The smallest absolute Gasteiger partial charge is 0.326 e. The standard InChI is InChI=1S/C20H36N8O5/c21-7-3-1-5-14(23)18(30)25-11-17(29)27-16(9-13-10-24-12-26-13)19(31)28-15(20(32)33)6-2-4-8-22/h10,12,14-16H,1-9,11,21-23H2,(H,24,26)(H,25,30)(H,27,29)(H,28,31)(H,32,33)/t14-,15-,16-/m0/s1. The molecule has 0 aliphatic heterocycles. The summed E-state index contributed by atoms with van der Waals surface area (Å²) in [5.41, 5.74) is 17.1. The highest BCUT2D eigenvalue weighted by molar-refractivity contribution is 5.92. The maximum Gasteiger partial charge on any atom is 0.326 e. The van der Waals surface area contributed by atoms with Crippen molar-refractivity contribution in [2.45, 2.75) is 63.1 Å². The van der Waals surface area contributed by atoms with Gasteiger partial charge in [0.1, 0.15) is 12.1 Å². The highest BCUT2D eigenvalue weighted by atomic mass is 16.4. The Morgan fingerprint density at radius 3 is 2.21 bits per heavy atom. The van der Waals surface area contributed by atoms with Crippen molar-refractivity contribution in [3.8, 4) is 0 Å². The van der Waals surface area contributed by atoms with Crippen molar-refractivity contribution >= 4 is 23.7 Å². The summed E-state index contributed by atoms with van der Waals surface area (Å²) in [5.74, 6) is -2.96. The van der Waals surface area contributed by atoms with Crippen LogP contribution in [0, 0.1) is 0 Å². The number of aromatic amines is 1. The topological polar surface area (TPSA) is 231 Å². The number of rotatable bonds is 17. The predicted molar refractivity (Wildman–Crippen MR) is 121 cm³/mol. The monoisotopic (exact) mass is 468 g/mol. The molecule has 0 spiro atoms. The van der Waals surface area contributed by atoms with Gasteiger partial charge in [-0.25, -0.2) is 9.78 Å². The van der Waals surface area contributed by atoms with E-state index in [9.17, 15) is 24.3 Å². The molecular formula is C20H36N8O5. The minimum atomic E-state index is -1.18. The second kappa shape index (κ2) is 15.7. The third-order valence-electron chi connectivity index (χ3n) is 4.91. The Kier molecular flexibility index (Phi) is 13.3. The minimum absolute atomic E-state index is 0.0305. The Labute approximate surface area is 192 Å². The number of aliphatic carboxylic acids is 1. The number of H-pyrrole nitrogens is 1. The van der Waals surface area contributed by atoms with E-state index < -0.39 is 41.8 Å². The highest BCUT2D eigenvalue weighted by Crippen LogP contribution is 2.04. The molecule has 186 valence electrons. The van der Waals surface area contributed by atoms with E-state index in [0.29, 0.717) is 44.5 Å². The van der Waals surface area contributed by atoms with Gasteiger partial charge in [0.05, 0.1) is 24.6 Å². The van der Waals surface area contributed by atoms with Gasteiger partial charge in [0.25, 0.3) is 0 Å². The summed E-state index contributed by atoms with van der Waals surface area (Å²) in [6.07, 6.45) is 6.25. The lowest BCUT2D eigenvalue weighted by Crippen LogP contribution is -2.54. The van der Waals surface area contributed by atoms with Gasteiger partial charge in [-0.3, -0.25) is 14.4 Å². The number of carbonyl (C=O) groups is 4. The van der Waals surface area contributed by atoms with Crippen LogP contribution in [0.3, 0.4) is 0 Å². The number of carboxylic acid groups (broad SMARTS) is 1. The summed E-state index contributed by atoms with van der Waals surface area (Å²) >= 11 is 0. The maximum atomic E-state index is 12.8. The van der Waals surface area contributed by atoms with Gasteiger partial charge in [0.2, 0.25) is 17.7 Å². The number of aromatic nitrogens is 2. The number of amides is 3. The molecule has 3 atom stereocenters. The van der Waals surface area contributed by atoms with Crippen molar-refractivity contribution in [1.82, 2.24) is 25.9 Å². The van der Waals surface area contributed by atoms with E-state index in [2.05, 4.69) is 25.9 Å². The first-order valence-electron chi connectivity index (χ1n) is 11.0. The molecule has 0 fully saturated rings. The molecule has 0 saturated carbocycles. The van der Waals surface area contributed by atoms with Crippen LogP contribution < -0.4 is 33.2 Å². The van der Waals surface area contributed by atoms with Gasteiger partial charge >= 0.3 is 5.97 Å². The molecule has 0 radical (unpaired) electrons. The summed E-state index contributed by atoms with van der Waals surface area (Å²) < 4.78 is 0. The molecule has 0 unspecified atom stereocenters. The number of imidazole rings is 1. The number of nitrogens with two attached hydrogens (primary N) is 3. The molecule has 13 heteroatoms. The van der Waals surface area contributed by atoms with Crippen LogP contribution >= 0.6 is 0 Å². The van der Waals surface area contributed by atoms with Crippen molar-refractivity contribution in [3.05, 3.63) is 18.2 Å². The summed E-state index contributed by atoms with van der Waals surface area (Å²) in [7, 11) is 0. The molecule has 3 amide bonds. The van der Waals surface area contributed by atoms with E-state index in [4.69, 9.17) is 17.2 Å². The predicted octanol–water partition coefficient (Wildman–Crippen LogP) is -2.29. The van der Waals surface area contributed by atoms with Crippen molar-refractivity contribution in [3.63, 3.8) is 0 Å². The zero-order chi connectivity index (χ0) is 24.6. The van der Waals surface area contributed by atoms with Crippen LogP contribution in [-0.4, -0.2) is 76.5 Å². The van der Waals surface area contributed by atoms with Crippen LogP contribution in [0.15, 0.2) is 12.5 Å². The number of nitrogens with zero attached hydrogens (tertiary/aromatic N) is 1. The molecule has 0 aliphatic carbocycles. The number of hydrogen-bond donors (Lipinski definition) is 8. The number of hydrogen-bond acceptors (Lipinski definition) is 8. The first kappa shape index (κ1) is 28.0. The fraction of sp³-hybridized carbons (Fsp3) is 0.650. The van der Waals surface area contributed by atoms with Crippen LogP contribution in [0.5, 0.6) is 0 Å². The molecule has 13 nitrogen and oxygen atoms in total. The Morgan fingerprint density at radius 1 is 0.970 bits per heavy atom. The molecular weight excluding hydrogens is 432 g/mol. The second-order valence-electron chi connectivity index (χ2n) is 7.68. The average Bonchev–Trinajstić information content (AvgIpc) is 3.29. The van der Waals surface area contributed by atoms with Crippen molar-refractivity contribution in [2.24, 2.45) is 17.2 Å². The molecule has 1 aromatic heterocycles. The van der Waals surface area contributed by atoms with E-state index >= 15 is 0 Å². The van der Waals surface area contributed by atoms with E-state index in [1.165, 1.54) is 6.33 Å². The molecule has 33 heavy (non-hydrogen) atoms. The molecule has 1 aromatic rings. The fourth-order valence-corrected chi connectivity index (χ4v) is 3.03. The van der Waals surface area contributed by atoms with Gasteiger partial charge in [-0.2, -0.15) is 0 Å². The number of carbonyl (C=O) groups excluding carboxylic acids is 3. The van der Waals surface area contributed by atoms with Gasteiger partial charge in [-0.1, -0.05) is 6.42 Å². The summed E-state index contributed by atoms with van der Waals surface area (Å²) in [4.78, 5) is 55.5. The third kappa shape index (κ3) is 11.4. The van der Waals surface area contributed by atoms with Gasteiger partial charge < -0.3 is 43.2 Å². The van der Waals surface area contributed by atoms with Gasteiger partial charge in [-0.15, -0.1) is 0 Å². The quantitative estimate of drug-likeness (QED) is 0.115. The van der Waals surface area contributed by atoms with E-state index in [0.717, 1.165) is 6.42 Å². The lowest BCUT2D eigenvalue weighted by atomic mass is 10.1. The number of nitrogens with one attached hydrogen (secondary N) is 4. The minimum Gasteiger partial charge on any atom is -0.480 e. The first-order valence-corrected chi connectivity index (χ1v) is 11.0. The molecule has 0 aliphatic rings. The van der Waals surface area contributed by atoms with Crippen LogP contribution in [0.4, 0.5) is 0 Å². The Hall–Kier alpha value is -3.03. The van der Waals surface area contributed by atoms with Crippen LogP contribution in [0.2, 0.25) is 0 Å². The number of unbranched alkanes of at least 4 members (excludes halogenated alkanes) is 2. The third-order valence-corrected chi connectivity index (χ3v) is 4.91. The van der Waals surface area contributed by atoms with E-state index in [1.54, 1.807) is 6.20 Å². The van der Waals surface area contributed by atoms with Gasteiger partial charge in [0.15, 0.2) is 0 Å². The zero-order valence-corrected chi connectivity index (χ0v) is 18.7. The molecule has 1 heterocycles. The molecule has 0 saturated heterocycles. The summed E-state index contributed by atoms with van der Waals surface area (Å²) in [6.45, 7) is 0.541. The average molecular weight is 469 g/mol.